The number of aryl methyl sites for hydroxylation is 1. The zero-order chi connectivity index (χ0) is 19.1. The highest BCUT2D eigenvalue weighted by atomic mass is 32.1. The van der Waals surface area contributed by atoms with Crippen molar-refractivity contribution in [3.63, 3.8) is 0 Å². The van der Waals surface area contributed by atoms with Crippen molar-refractivity contribution in [3.05, 3.63) is 71.9 Å². The molecule has 7 heteroatoms. The van der Waals surface area contributed by atoms with E-state index < -0.39 is 0 Å². The van der Waals surface area contributed by atoms with E-state index in [-0.39, 0.29) is 0 Å². The Bertz CT molecular complexity index is 922. The maximum absolute atomic E-state index is 5.83. The van der Waals surface area contributed by atoms with Gasteiger partial charge in [-0.3, -0.25) is 5.43 Å². The molecular weight excluding hydrogens is 358 g/mol. The van der Waals surface area contributed by atoms with Crippen molar-refractivity contribution in [1.29, 1.82) is 0 Å². The number of para-hydroxylation sites is 2. The lowest BCUT2D eigenvalue weighted by atomic mass is 10.2. The maximum atomic E-state index is 5.83. The first-order valence-corrected chi connectivity index (χ1v) is 9.02. The Morgan fingerprint density at radius 3 is 2.48 bits per heavy atom. The third kappa shape index (κ3) is 4.71. The molecule has 0 fully saturated rings. The lowest BCUT2D eigenvalue weighted by Crippen LogP contribution is -2.23. The van der Waals surface area contributed by atoms with Crippen LogP contribution in [0.2, 0.25) is 0 Å². The Morgan fingerprint density at radius 1 is 1.15 bits per heavy atom. The Balaban J connectivity index is 1.77. The summed E-state index contributed by atoms with van der Waals surface area (Å²) in [4.78, 5) is 0. The fourth-order valence-corrected chi connectivity index (χ4v) is 2.69. The van der Waals surface area contributed by atoms with Crippen LogP contribution in [-0.4, -0.2) is 27.7 Å². The van der Waals surface area contributed by atoms with E-state index in [1.165, 1.54) is 0 Å². The van der Waals surface area contributed by atoms with Crippen molar-refractivity contribution in [1.82, 2.24) is 15.2 Å². The number of rotatable bonds is 6. The van der Waals surface area contributed by atoms with Crippen molar-refractivity contribution in [2.75, 3.05) is 11.9 Å². The Hall–Kier alpha value is -3.19. The smallest absolute Gasteiger partial charge is 0.226 e. The van der Waals surface area contributed by atoms with Gasteiger partial charge >= 0.3 is 0 Å². The van der Waals surface area contributed by atoms with Crippen molar-refractivity contribution in [3.8, 4) is 11.6 Å². The molecule has 1 aromatic heterocycles. The van der Waals surface area contributed by atoms with Crippen LogP contribution >= 0.6 is 12.2 Å². The number of aromatic nitrogens is 2. The molecule has 0 bridgehead atoms. The highest BCUT2D eigenvalue weighted by molar-refractivity contribution is 7.80. The number of hydrogen-bond donors (Lipinski definition) is 2. The number of anilines is 1. The third-order valence-electron chi connectivity index (χ3n) is 3.74. The third-order valence-corrected chi connectivity index (χ3v) is 3.93. The van der Waals surface area contributed by atoms with Gasteiger partial charge < -0.3 is 10.1 Å². The first kappa shape index (κ1) is 18.6. The van der Waals surface area contributed by atoms with Gasteiger partial charge in [-0.15, -0.1) is 0 Å². The monoisotopic (exact) mass is 379 g/mol. The molecule has 0 aliphatic carbocycles. The Kier molecular flexibility index (Phi) is 6.17. The van der Waals surface area contributed by atoms with Gasteiger partial charge in [0.1, 0.15) is 0 Å². The second kappa shape index (κ2) is 8.95. The molecule has 3 rings (SSSR count). The van der Waals surface area contributed by atoms with Crippen LogP contribution in [0.5, 0.6) is 5.88 Å². The summed E-state index contributed by atoms with van der Waals surface area (Å²) >= 11 is 5.26. The van der Waals surface area contributed by atoms with E-state index in [2.05, 4.69) is 20.9 Å². The topological polar surface area (TPSA) is 63.5 Å². The first-order chi connectivity index (χ1) is 13.2. The van der Waals surface area contributed by atoms with Crippen LogP contribution in [0, 0.1) is 6.92 Å². The summed E-state index contributed by atoms with van der Waals surface area (Å²) < 4.78 is 7.61. The minimum absolute atomic E-state index is 0.406. The summed E-state index contributed by atoms with van der Waals surface area (Å²) in [5, 5.41) is 12.3. The molecule has 0 amide bonds. The van der Waals surface area contributed by atoms with Gasteiger partial charge in [-0.05, 0) is 50.3 Å². The quantitative estimate of drug-likeness (QED) is 0.386. The molecule has 6 nitrogen and oxygen atoms in total. The van der Waals surface area contributed by atoms with E-state index in [1.807, 2.05) is 74.5 Å². The maximum Gasteiger partial charge on any atom is 0.226 e. The van der Waals surface area contributed by atoms with Crippen molar-refractivity contribution < 1.29 is 4.74 Å². The predicted octanol–water partition coefficient (Wildman–Crippen LogP) is 3.90. The van der Waals surface area contributed by atoms with Crippen molar-refractivity contribution in [2.45, 2.75) is 13.8 Å². The second-order valence-corrected chi connectivity index (χ2v) is 6.08. The largest absolute Gasteiger partial charge is 0.477 e. The van der Waals surface area contributed by atoms with Gasteiger partial charge in [-0.25, -0.2) is 4.68 Å². The van der Waals surface area contributed by atoms with E-state index in [0.29, 0.717) is 17.6 Å². The summed E-state index contributed by atoms with van der Waals surface area (Å²) in [6.45, 7) is 4.39. The van der Waals surface area contributed by atoms with Gasteiger partial charge in [0.25, 0.3) is 0 Å². The number of nitrogens with zero attached hydrogens (tertiary/aromatic N) is 3. The number of hydrogen-bond acceptors (Lipinski definition) is 4. The zero-order valence-electron chi connectivity index (χ0n) is 15.2. The van der Waals surface area contributed by atoms with E-state index in [0.717, 1.165) is 22.6 Å². The van der Waals surface area contributed by atoms with Gasteiger partial charge in [-0.1, -0.05) is 36.4 Å². The van der Waals surface area contributed by atoms with Gasteiger partial charge in [0.05, 0.1) is 29.8 Å². The summed E-state index contributed by atoms with van der Waals surface area (Å²) in [6.07, 6.45) is 1.67. The molecule has 0 saturated carbocycles. The molecule has 0 atom stereocenters. The zero-order valence-corrected chi connectivity index (χ0v) is 16.0. The molecule has 138 valence electrons. The van der Waals surface area contributed by atoms with E-state index in [1.54, 1.807) is 10.9 Å². The van der Waals surface area contributed by atoms with Crippen molar-refractivity contribution >= 4 is 29.2 Å². The Labute approximate surface area is 163 Å². The van der Waals surface area contributed by atoms with Crippen LogP contribution < -0.4 is 15.5 Å². The number of hydrazone groups is 1. The highest BCUT2D eigenvalue weighted by Crippen LogP contribution is 2.24. The van der Waals surface area contributed by atoms with Crippen LogP contribution in [0.4, 0.5) is 5.69 Å². The molecule has 2 N–H and O–H groups in total. The average molecular weight is 379 g/mol. The summed E-state index contributed by atoms with van der Waals surface area (Å²) in [5.41, 5.74) is 6.26. The standard InChI is InChI=1S/C20H21N5OS/c1-3-26-19-18(15(2)24-25(19)17-12-8-5-9-13-17)14-21-23-20(27)22-16-10-6-4-7-11-16/h4-14H,3H2,1-2H3,(H2,22,23,27)/b21-14+. The fourth-order valence-electron chi connectivity index (χ4n) is 2.52. The molecule has 3 aromatic rings. The molecule has 0 radical (unpaired) electrons. The molecule has 0 saturated heterocycles. The average Bonchev–Trinajstić information content (AvgIpc) is 2.99. The predicted molar refractivity (Wildman–Crippen MR) is 113 cm³/mol. The first-order valence-electron chi connectivity index (χ1n) is 8.62. The fraction of sp³-hybridized carbons (Fsp3) is 0.150. The number of nitrogens with one attached hydrogen (secondary N) is 2. The molecule has 0 aliphatic heterocycles. The lowest BCUT2D eigenvalue weighted by Gasteiger charge is -2.09. The lowest BCUT2D eigenvalue weighted by molar-refractivity contribution is 0.316. The summed E-state index contributed by atoms with van der Waals surface area (Å²) in [5.74, 6) is 0.647. The minimum atomic E-state index is 0.406. The molecule has 1 heterocycles. The Morgan fingerprint density at radius 2 is 1.81 bits per heavy atom. The molecule has 2 aromatic carbocycles. The normalized spacial score (nSPS) is 10.7. The van der Waals surface area contributed by atoms with Crippen LogP contribution in [0.1, 0.15) is 18.2 Å². The van der Waals surface area contributed by atoms with Gasteiger partial charge in [0, 0.05) is 5.69 Å². The highest BCUT2D eigenvalue weighted by Gasteiger charge is 2.16. The van der Waals surface area contributed by atoms with E-state index >= 15 is 0 Å². The molecule has 0 unspecified atom stereocenters. The van der Waals surface area contributed by atoms with Crippen LogP contribution in [-0.2, 0) is 0 Å². The molecule has 0 spiro atoms. The number of thiocarbonyl (C=S) groups is 1. The number of benzene rings is 2. The second-order valence-electron chi connectivity index (χ2n) is 5.67. The molecule has 0 aliphatic rings. The SMILES string of the molecule is CCOc1c(/C=N/NC(=S)Nc2ccccc2)c(C)nn1-c1ccccc1. The van der Waals surface area contributed by atoms with Crippen LogP contribution in [0.15, 0.2) is 65.8 Å². The van der Waals surface area contributed by atoms with Gasteiger partial charge in [0.2, 0.25) is 5.88 Å². The summed E-state index contributed by atoms with van der Waals surface area (Å²) in [7, 11) is 0. The van der Waals surface area contributed by atoms with Crippen LogP contribution in [0.3, 0.4) is 0 Å². The van der Waals surface area contributed by atoms with Crippen molar-refractivity contribution in [2.24, 2.45) is 5.10 Å². The van der Waals surface area contributed by atoms with Gasteiger partial charge in [0.15, 0.2) is 5.11 Å². The van der Waals surface area contributed by atoms with E-state index in [4.69, 9.17) is 17.0 Å². The van der Waals surface area contributed by atoms with E-state index in [9.17, 15) is 0 Å². The molecular formula is C20H21N5OS. The summed E-state index contributed by atoms with van der Waals surface area (Å²) in [6, 6.07) is 19.5. The minimum Gasteiger partial charge on any atom is -0.477 e. The van der Waals surface area contributed by atoms with Crippen LogP contribution in [0.25, 0.3) is 5.69 Å². The van der Waals surface area contributed by atoms with Gasteiger partial charge in [-0.2, -0.15) is 10.2 Å². The molecule has 27 heavy (non-hydrogen) atoms. The number of ether oxygens (including phenoxy) is 1.